The summed E-state index contributed by atoms with van der Waals surface area (Å²) < 4.78 is 0. The Bertz CT molecular complexity index is 244. The van der Waals surface area contributed by atoms with Crippen LogP contribution in [0, 0.1) is 5.41 Å². The molecule has 0 bridgehead atoms. The molecule has 0 aromatic heterocycles. The molecule has 1 aliphatic carbocycles. The fraction of sp³-hybridized carbons (Fsp3) is 0.923. The standard InChI is InChI=1S/C13H28N4/c1-4-5-6-9-13(2,3)10-15-12(17-14)16-11-7-8-11/h11H,4-10,14H2,1-3H3,(H2,15,16,17). The second-order valence-electron chi connectivity index (χ2n) is 5.85. The number of hydrogen-bond donors (Lipinski definition) is 3. The molecule has 0 spiro atoms. The monoisotopic (exact) mass is 240 g/mol. The van der Waals surface area contributed by atoms with Gasteiger partial charge in [-0.2, -0.15) is 0 Å². The van der Waals surface area contributed by atoms with Crippen LogP contribution in [-0.4, -0.2) is 18.5 Å². The summed E-state index contributed by atoms with van der Waals surface area (Å²) in [7, 11) is 0. The molecule has 1 saturated carbocycles. The van der Waals surface area contributed by atoms with E-state index in [1.54, 1.807) is 0 Å². The van der Waals surface area contributed by atoms with Crippen molar-refractivity contribution in [2.24, 2.45) is 16.3 Å². The van der Waals surface area contributed by atoms with E-state index in [1.165, 1.54) is 38.5 Å². The van der Waals surface area contributed by atoms with Gasteiger partial charge in [0.2, 0.25) is 5.96 Å². The van der Waals surface area contributed by atoms with Crippen molar-refractivity contribution in [2.75, 3.05) is 6.54 Å². The van der Waals surface area contributed by atoms with Gasteiger partial charge in [-0.25, -0.2) is 5.84 Å². The molecule has 4 N–H and O–H groups in total. The summed E-state index contributed by atoms with van der Waals surface area (Å²) in [5.74, 6) is 6.20. The molecule has 0 aromatic carbocycles. The number of hydrogen-bond acceptors (Lipinski definition) is 2. The van der Waals surface area contributed by atoms with Crippen LogP contribution in [0.2, 0.25) is 0 Å². The average molecular weight is 240 g/mol. The molecule has 0 heterocycles. The molecule has 0 radical (unpaired) electrons. The van der Waals surface area contributed by atoms with E-state index in [-0.39, 0.29) is 5.41 Å². The molecule has 17 heavy (non-hydrogen) atoms. The van der Waals surface area contributed by atoms with Gasteiger partial charge in [-0.3, -0.25) is 10.4 Å². The quantitative estimate of drug-likeness (QED) is 0.210. The van der Waals surface area contributed by atoms with Crippen LogP contribution in [0.15, 0.2) is 4.99 Å². The van der Waals surface area contributed by atoms with E-state index in [9.17, 15) is 0 Å². The summed E-state index contributed by atoms with van der Waals surface area (Å²) in [5, 5.41) is 3.29. The summed E-state index contributed by atoms with van der Waals surface area (Å²) in [5.41, 5.74) is 2.92. The van der Waals surface area contributed by atoms with Gasteiger partial charge in [0.05, 0.1) is 0 Å². The van der Waals surface area contributed by atoms with Crippen LogP contribution in [0.25, 0.3) is 0 Å². The van der Waals surface area contributed by atoms with Gasteiger partial charge in [-0.05, 0) is 24.7 Å². The highest BCUT2D eigenvalue weighted by molar-refractivity contribution is 5.79. The van der Waals surface area contributed by atoms with E-state index in [0.717, 1.165) is 12.5 Å². The highest BCUT2D eigenvalue weighted by Crippen LogP contribution is 2.24. The molecule has 0 atom stereocenters. The van der Waals surface area contributed by atoms with Crippen LogP contribution in [0.1, 0.15) is 59.3 Å². The van der Waals surface area contributed by atoms with Crippen LogP contribution < -0.4 is 16.6 Å². The highest BCUT2D eigenvalue weighted by Gasteiger charge is 2.23. The lowest BCUT2D eigenvalue weighted by atomic mass is 9.87. The maximum Gasteiger partial charge on any atom is 0.205 e. The zero-order valence-electron chi connectivity index (χ0n) is 11.6. The van der Waals surface area contributed by atoms with Crippen molar-refractivity contribution in [3.05, 3.63) is 0 Å². The summed E-state index contributed by atoms with van der Waals surface area (Å²) in [4.78, 5) is 4.54. The third-order valence-electron chi connectivity index (χ3n) is 3.18. The molecule has 0 unspecified atom stereocenters. The van der Waals surface area contributed by atoms with Gasteiger partial charge < -0.3 is 5.32 Å². The van der Waals surface area contributed by atoms with Gasteiger partial charge in [0.15, 0.2) is 0 Å². The third-order valence-corrected chi connectivity index (χ3v) is 3.18. The van der Waals surface area contributed by atoms with Crippen molar-refractivity contribution in [1.29, 1.82) is 0 Å². The molecule has 1 rings (SSSR count). The molecule has 0 amide bonds. The Kier molecular flexibility index (Phi) is 5.75. The molecule has 100 valence electrons. The van der Waals surface area contributed by atoms with Gasteiger partial charge in [-0.15, -0.1) is 0 Å². The Morgan fingerprint density at radius 1 is 1.35 bits per heavy atom. The third kappa shape index (κ3) is 6.51. The van der Waals surface area contributed by atoms with Crippen LogP contribution in [0.5, 0.6) is 0 Å². The largest absolute Gasteiger partial charge is 0.353 e. The van der Waals surface area contributed by atoms with E-state index in [2.05, 4.69) is 36.5 Å². The number of guanidine groups is 1. The molecule has 0 aliphatic heterocycles. The summed E-state index contributed by atoms with van der Waals surface area (Å²) in [6.45, 7) is 7.62. The normalized spacial score (nSPS) is 17.1. The van der Waals surface area contributed by atoms with E-state index in [1.807, 2.05) is 0 Å². The Morgan fingerprint density at radius 3 is 2.59 bits per heavy atom. The molecule has 0 saturated heterocycles. The molecule has 4 heteroatoms. The maximum absolute atomic E-state index is 5.46. The van der Waals surface area contributed by atoms with E-state index in [0.29, 0.717) is 6.04 Å². The van der Waals surface area contributed by atoms with Crippen LogP contribution in [0.4, 0.5) is 0 Å². The summed E-state index contributed by atoms with van der Waals surface area (Å²) in [6.07, 6.45) is 7.58. The Labute approximate surface area is 105 Å². The minimum Gasteiger partial charge on any atom is -0.353 e. The van der Waals surface area contributed by atoms with Gasteiger partial charge >= 0.3 is 0 Å². The zero-order chi connectivity index (χ0) is 12.7. The maximum atomic E-state index is 5.46. The Morgan fingerprint density at radius 2 is 2.06 bits per heavy atom. The predicted molar refractivity (Wildman–Crippen MR) is 73.7 cm³/mol. The van der Waals surface area contributed by atoms with E-state index < -0.39 is 0 Å². The first kappa shape index (κ1) is 14.3. The first-order chi connectivity index (χ1) is 8.07. The van der Waals surface area contributed by atoms with Gasteiger partial charge in [-0.1, -0.05) is 40.0 Å². The average Bonchev–Trinajstić information content (AvgIpc) is 3.08. The number of unbranched alkanes of at least 4 members (excludes halogenated alkanes) is 2. The molecule has 1 fully saturated rings. The fourth-order valence-corrected chi connectivity index (χ4v) is 1.78. The van der Waals surface area contributed by atoms with Crippen molar-refractivity contribution in [3.63, 3.8) is 0 Å². The zero-order valence-corrected chi connectivity index (χ0v) is 11.6. The lowest BCUT2D eigenvalue weighted by Gasteiger charge is -2.22. The second kappa shape index (κ2) is 6.84. The summed E-state index contributed by atoms with van der Waals surface area (Å²) in [6, 6.07) is 0.591. The number of nitrogens with zero attached hydrogens (tertiary/aromatic N) is 1. The molecule has 4 nitrogen and oxygen atoms in total. The Hall–Kier alpha value is -0.770. The smallest absolute Gasteiger partial charge is 0.205 e. The first-order valence-corrected chi connectivity index (χ1v) is 6.85. The van der Waals surface area contributed by atoms with Crippen molar-refractivity contribution >= 4 is 5.96 Å². The fourth-order valence-electron chi connectivity index (χ4n) is 1.78. The minimum absolute atomic E-state index is 0.266. The van der Waals surface area contributed by atoms with Gasteiger partial charge in [0, 0.05) is 12.6 Å². The lowest BCUT2D eigenvalue weighted by molar-refractivity contribution is 0.332. The minimum atomic E-state index is 0.266. The van der Waals surface area contributed by atoms with Crippen LogP contribution in [0.3, 0.4) is 0 Å². The van der Waals surface area contributed by atoms with Gasteiger partial charge in [0.25, 0.3) is 0 Å². The van der Waals surface area contributed by atoms with Crippen molar-refractivity contribution in [3.8, 4) is 0 Å². The van der Waals surface area contributed by atoms with Crippen molar-refractivity contribution < 1.29 is 0 Å². The van der Waals surface area contributed by atoms with E-state index in [4.69, 9.17) is 5.84 Å². The topological polar surface area (TPSA) is 62.4 Å². The lowest BCUT2D eigenvalue weighted by Crippen LogP contribution is -2.43. The number of nitrogens with one attached hydrogen (secondary N) is 2. The van der Waals surface area contributed by atoms with Gasteiger partial charge in [0.1, 0.15) is 0 Å². The van der Waals surface area contributed by atoms with Crippen LogP contribution in [-0.2, 0) is 0 Å². The summed E-state index contributed by atoms with van der Waals surface area (Å²) >= 11 is 0. The van der Waals surface area contributed by atoms with Crippen molar-refractivity contribution in [1.82, 2.24) is 10.7 Å². The number of nitrogens with two attached hydrogens (primary N) is 1. The predicted octanol–water partition coefficient (Wildman–Crippen LogP) is 2.16. The number of aliphatic imine (C=N–C) groups is 1. The van der Waals surface area contributed by atoms with Crippen LogP contribution >= 0.6 is 0 Å². The first-order valence-electron chi connectivity index (χ1n) is 6.85. The molecule has 1 aliphatic rings. The molecule has 0 aromatic rings. The Balaban J connectivity index is 2.30. The SMILES string of the molecule is CCCCCC(C)(C)CN=C(NN)NC1CC1. The number of hydrazine groups is 1. The van der Waals surface area contributed by atoms with Crippen molar-refractivity contribution in [2.45, 2.75) is 65.3 Å². The highest BCUT2D eigenvalue weighted by atomic mass is 15.3. The molecular weight excluding hydrogens is 212 g/mol. The second-order valence-corrected chi connectivity index (χ2v) is 5.85. The number of rotatable bonds is 7. The van der Waals surface area contributed by atoms with E-state index >= 15 is 0 Å². The molecular formula is C13H28N4.